The fourth-order valence-corrected chi connectivity index (χ4v) is 5.90. The third-order valence-electron chi connectivity index (χ3n) is 7.86. The summed E-state index contributed by atoms with van der Waals surface area (Å²) in [5.74, 6) is -2.25. The number of hydrogen-bond donors (Lipinski definition) is 2. The quantitative estimate of drug-likeness (QED) is 0.624. The Kier molecular flexibility index (Phi) is 5.94. The number of likely N-dealkylation sites (tertiary alicyclic amines) is 1. The third-order valence-corrected chi connectivity index (χ3v) is 7.86. The lowest BCUT2D eigenvalue weighted by atomic mass is 9.79. The van der Waals surface area contributed by atoms with E-state index in [9.17, 15) is 24.0 Å². The summed E-state index contributed by atoms with van der Waals surface area (Å²) in [5.41, 5.74) is 0.259. The minimum absolute atomic E-state index is 0.0215. The number of fused-ring (bicyclic) bond motifs is 1. The molecule has 3 saturated heterocycles. The minimum Gasteiger partial charge on any atom is -0.465 e. The second-order valence-electron chi connectivity index (χ2n) is 9.73. The van der Waals surface area contributed by atoms with Gasteiger partial charge in [-0.2, -0.15) is 0 Å². The average molecular weight is 487 g/mol. The molecule has 0 saturated carbocycles. The largest absolute Gasteiger partial charge is 0.465 e. The number of amides is 5. The molecule has 0 aliphatic carbocycles. The normalized spacial score (nSPS) is 24.1. The molecular formula is C24H27FN4O6. The number of carbonyl (C=O) groups is 5. The molecule has 1 unspecified atom stereocenters. The van der Waals surface area contributed by atoms with Gasteiger partial charge in [0.15, 0.2) is 0 Å². The molecule has 35 heavy (non-hydrogen) atoms. The van der Waals surface area contributed by atoms with Gasteiger partial charge in [0.25, 0.3) is 11.8 Å². The van der Waals surface area contributed by atoms with Crippen molar-refractivity contribution >= 4 is 35.4 Å². The van der Waals surface area contributed by atoms with Crippen molar-refractivity contribution in [2.24, 2.45) is 11.8 Å². The molecule has 4 aliphatic heterocycles. The van der Waals surface area contributed by atoms with Crippen LogP contribution in [0.1, 0.15) is 59.2 Å². The highest BCUT2D eigenvalue weighted by Gasteiger charge is 2.45. The Balaban J connectivity index is 1.27. The monoisotopic (exact) mass is 486 g/mol. The summed E-state index contributed by atoms with van der Waals surface area (Å²) >= 11 is 0. The number of anilines is 1. The van der Waals surface area contributed by atoms with Gasteiger partial charge >= 0.3 is 6.09 Å². The molecule has 3 fully saturated rings. The van der Waals surface area contributed by atoms with E-state index in [1.165, 1.54) is 11.0 Å². The highest BCUT2D eigenvalue weighted by Crippen LogP contribution is 2.37. The second kappa shape index (κ2) is 8.94. The van der Waals surface area contributed by atoms with Gasteiger partial charge in [0.05, 0.1) is 16.8 Å². The Morgan fingerprint density at radius 3 is 2.03 bits per heavy atom. The Hall–Kier alpha value is -3.50. The van der Waals surface area contributed by atoms with Crippen LogP contribution in [0.15, 0.2) is 12.1 Å². The van der Waals surface area contributed by atoms with Crippen molar-refractivity contribution in [2.75, 3.05) is 31.1 Å². The molecule has 10 nitrogen and oxygen atoms in total. The fourth-order valence-electron chi connectivity index (χ4n) is 5.90. The second-order valence-corrected chi connectivity index (χ2v) is 9.73. The van der Waals surface area contributed by atoms with E-state index < -0.39 is 41.6 Å². The minimum atomic E-state index is -1.09. The number of hydrogen-bond acceptors (Lipinski definition) is 6. The van der Waals surface area contributed by atoms with E-state index in [0.717, 1.165) is 36.6 Å². The summed E-state index contributed by atoms with van der Waals surface area (Å²) in [6, 6.07) is 1.39. The van der Waals surface area contributed by atoms with Crippen molar-refractivity contribution in [3.8, 4) is 0 Å². The predicted octanol–water partition coefficient (Wildman–Crippen LogP) is 1.83. The molecule has 186 valence electrons. The maximum absolute atomic E-state index is 15.1. The molecular weight excluding hydrogens is 459 g/mol. The highest BCUT2D eigenvalue weighted by atomic mass is 19.1. The molecule has 0 spiro atoms. The van der Waals surface area contributed by atoms with Crippen LogP contribution in [-0.4, -0.2) is 76.8 Å². The maximum Gasteiger partial charge on any atom is 0.407 e. The van der Waals surface area contributed by atoms with Crippen LogP contribution in [0.5, 0.6) is 0 Å². The summed E-state index contributed by atoms with van der Waals surface area (Å²) in [5, 5.41) is 11.3. The zero-order valence-electron chi connectivity index (χ0n) is 19.2. The molecule has 1 atom stereocenters. The van der Waals surface area contributed by atoms with Gasteiger partial charge < -0.3 is 14.9 Å². The van der Waals surface area contributed by atoms with Gasteiger partial charge in [0.2, 0.25) is 11.8 Å². The third kappa shape index (κ3) is 4.12. The lowest BCUT2D eigenvalue weighted by Gasteiger charge is -2.40. The van der Waals surface area contributed by atoms with Gasteiger partial charge in [-0.05, 0) is 56.1 Å². The predicted molar refractivity (Wildman–Crippen MR) is 120 cm³/mol. The molecule has 4 heterocycles. The number of halogens is 1. The molecule has 0 radical (unpaired) electrons. The van der Waals surface area contributed by atoms with Crippen molar-refractivity contribution < 1.29 is 33.5 Å². The van der Waals surface area contributed by atoms with E-state index in [2.05, 4.69) is 5.32 Å². The van der Waals surface area contributed by atoms with Crippen LogP contribution in [0.25, 0.3) is 0 Å². The van der Waals surface area contributed by atoms with Crippen LogP contribution >= 0.6 is 0 Å². The van der Waals surface area contributed by atoms with Gasteiger partial charge in [-0.25, -0.2) is 9.18 Å². The van der Waals surface area contributed by atoms with E-state index in [1.807, 2.05) is 4.90 Å². The smallest absolute Gasteiger partial charge is 0.407 e. The Bertz CT molecular complexity index is 1110. The molecule has 0 bridgehead atoms. The van der Waals surface area contributed by atoms with Crippen LogP contribution in [-0.2, 0) is 9.59 Å². The number of imide groups is 2. The molecule has 0 aromatic heterocycles. The number of carboxylic acid groups (broad SMARTS) is 1. The lowest BCUT2D eigenvalue weighted by Crippen LogP contribution is -2.54. The standard InChI is InChI=1S/C24H27FN4O6/c25-17-11-15-16(23(33)29(22(15)32)18-1-2-20(30)26-21(18)31)12-19(17)27-7-3-13(4-8-27)14-5-9-28(10-6-14)24(34)35/h11-14,18H,1-10H2,(H,34,35)(H,26,30,31). The maximum atomic E-state index is 15.1. The lowest BCUT2D eigenvalue weighted by molar-refractivity contribution is -0.136. The van der Waals surface area contributed by atoms with Crippen LogP contribution in [0.4, 0.5) is 14.9 Å². The van der Waals surface area contributed by atoms with E-state index >= 15 is 4.39 Å². The molecule has 11 heteroatoms. The SMILES string of the molecule is O=C1CCC(N2C(=O)c3cc(F)c(N4CCC(C5CCN(C(=O)O)CC5)CC4)cc3C2=O)C(=O)N1. The van der Waals surface area contributed by atoms with Crippen LogP contribution < -0.4 is 10.2 Å². The van der Waals surface area contributed by atoms with Crippen LogP contribution in [0.3, 0.4) is 0 Å². The Morgan fingerprint density at radius 2 is 1.46 bits per heavy atom. The van der Waals surface area contributed by atoms with Crippen molar-refractivity contribution in [2.45, 2.75) is 44.6 Å². The van der Waals surface area contributed by atoms with Crippen molar-refractivity contribution in [1.82, 2.24) is 15.1 Å². The number of benzene rings is 1. The van der Waals surface area contributed by atoms with E-state index in [-0.39, 0.29) is 29.7 Å². The van der Waals surface area contributed by atoms with Gasteiger partial charge in [-0.15, -0.1) is 0 Å². The molecule has 5 amide bonds. The topological polar surface area (TPSA) is 127 Å². The molecule has 4 aliphatic rings. The van der Waals surface area contributed by atoms with Gasteiger partial charge in [-0.3, -0.25) is 29.4 Å². The van der Waals surface area contributed by atoms with Crippen LogP contribution in [0.2, 0.25) is 0 Å². The van der Waals surface area contributed by atoms with Gasteiger partial charge in [0.1, 0.15) is 11.9 Å². The first-order chi connectivity index (χ1) is 16.7. The molecule has 1 aromatic carbocycles. The molecule has 5 rings (SSSR count). The highest BCUT2D eigenvalue weighted by molar-refractivity contribution is 6.23. The van der Waals surface area contributed by atoms with Crippen molar-refractivity contribution in [1.29, 1.82) is 0 Å². The fraction of sp³-hybridized carbons (Fsp3) is 0.542. The van der Waals surface area contributed by atoms with Crippen molar-refractivity contribution in [3.05, 3.63) is 29.1 Å². The van der Waals surface area contributed by atoms with Gasteiger partial charge in [0, 0.05) is 32.6 Å². The number of carbonyl (C=O) groups excluding carboxylic acids is 4. The molecule has 1 aromatic rings. The van der Waals surface area contributed by atoms with E-state index in [1.54, 1.807) is 0 Å². The van der Waals surface area contributed by atoms with Gasteiger partial charge in [-0.1, -0.05) is 0 Å². The first kappa shape index (κ1) is 23.3. The summed E-state index contributed by atoms with van der Waals surface area (Å²) in [4.78, 5) is 64.9. The molecule has 2 N–H and O–H groups in total. The van der Waals surface area contributed by atoms with Crippen molar-refractivity contribution in [3.63, 3.8) is 0 Å². The number of nitrogens with zero attached hydrogens (tertiary/aromatic N) is 3. The summed E-state index contributed by atoms with van der Waals surface area (Å²) in [6.07, 6.45) is 2.52. The number of rotatable bonds is 3. The van der Waals surface area contributed by atoms with Crippen LogP contribution in [0, 0.1) is 17.7 Å². The zero-order valence-corrected chi connectivity index (χ0v) is 19.2. The summed E-state index contributed by atoms with van der Waals surface area (Å²) in [7, 11) is 0. The number of piperidine rings is 3. The number of nitrogens with one attached hydrogen (secondary N) is 1. The Morgan fingerprint density at radius 1 is 0.886 bits per heavy atom. The Labute approximate surface area is 201 Å². The summed E-state index contributed by atoms with van der Waals surface area (Å²) < 4.78 is 15.1. The zero-order chi connectivity index (χ0) is 24.9. The average Bonchev–Trinajstić information content (AvgIpc) is 3.08. The summed E-state index contributed by atoms with van der Waals surface area (Å²) in [6.45, 7) is 2.27. The first-order valence-electron chi connectivity index (χ1n) is 12.0. The van der Waals surface area contributed by atoms with E-state index in [4.69, 9.17) is 5.11 Å². The van der Waals surface area contributed by atoms with E-state index in [0.29, 0.717) is 38.0 Å². The first-order valence-corrected chi connectivity index (χ1v) is 12.0.